The van der Waals surface area contributed by atoms with Crippen LogP contribution in [0.2, 0.25) is 0 Å². The zero-order valence-electron chi connectivity index (χ0n) is 18.7. The maximum Gasteiger partial charge on any atom is 0.267 e. The van der Waals surface area contributed by atoms with Gasteiger partial charge in [-0.2, -0.15) is 5.10 Å². The number of hydrogen-bond donors (Lipinski definition) is 1. The van der Waals surface area contributed by atoms with E-state index in [2.05, 4.69) is 15.4 Å². The number of nitrogens with zero attached hydrogens (tertiary/aromatic N) is 3. The number of hydrogen-bond acceptors (Lipinski definition) is 6. The maximum absolute atomic E-state index is 13.2. The van der Waals surface area contributed by atoms with Gasteiger partial charge in [-0.05, 0) is 61.5 Å². The molecule has 2 aromatic heterocycles. The van der Waals surface area contributed by atoms with Crippen LogP contribution in [0.25, 0.3) is 21.8 Å². The molecule has 0 aliphatic carbocycles. The van der Waals surface area contributed by atoms with E-state index in [0.29, 0.717) is 24.2 Å². The highest BCUT2D eigenvalue weighted by Crippen LogP contribution is 2.25. The van der Waals surface area contributed by atoms with Crippen molar-refractivity contribution in [2.24, 2.45) is 0 Å². The number of methoxy groups -OCH3 is 1. The zero-order valence-corrected chi connectivity index (χ0v) is 19.5. The second kappa shape index (κ2) is 10.4. The normalized spacial score (nSPS) is 11.7. The summed E-state index contributed by atoms with van der Waals surface area (Å²) >= 11 is 1.54. The van der Waals surface area contributed by atoms with Gasteiger partial charge in [-0.1, -0.05) is 0 Å². The molecule has 1 amide bonds. The summed E-state index contributed by atoms with van der Waals surface area (Å²) in [6, 6.07) is 15.6. The molecule has 1 N–H and O–H groups in total. The van der Waals surface area contributed by atoms with Gasteiger partial charge >= 0.3 is 0 Å². The largest absolute Gasteiger partial charge is 0.497 e. The first-order chi connectivity index (χ1) is 16.4. The fourth-order valence-electron chi connectivity index (χ4n) is 3.34. The second-order valence-corrected chi connectivity index (χ2v) is 8.46. The van der Waals surface area contributed by atoms with Crippen molar-refractivity contribution in [3.05, 3.63) is 87.9 Å². The monoisotopic (exact) mass is 478 g/mol. The summed E-state index contributed by atoms with van der Waals surface area (Å²) < 4.78 is 19.5. The molecule has 0 spiro atoms. The first-order valence-corrected chi connectivity index (χ1v) is 11.5. The van der Waals surface area contributed by atoms with E-state index in [1.165, 1.54) is 29.5 Å². The van der Waals surface area contributed by atoms with Crippen molar-refractivity contribution >= 4 is 17.2 Å². The van der Waals surface area contributed by atoms with Crippen LogP contribution in [0.15, 0.2) is 70.8 Å². The molecule has 4 rings (SSSR count). The molecule has 1 unspecified atom stereocenters. The average Bonchev–Trinajstić information content (AvgIpc) is 3.33. The molecular formula is C25H23FN4O3S. The molecule has 0 saturated carbocycles. The molecule has 1 atom stereocenters. The molecule has 174 valence electrons. The minimum Gasteiger partial charge on any atom is -0.497 e. The van der Waals surface area contributed by atoms with E-state index in [-0.39, 0.29) is 11.7 Å². The molecule has 2 aromatic carbocycles. The average molecular weight is 479 g/mol. The molecule has 9 heteroatoms. The van der Waals surface area contributed by atoms with Gasteiger partial charge in [0.2, 0.25) is 5.91 Å². The van der Waals surface area contributed by atoms with E-state index in [0.717, 1.165) is 26.7 Å². The van der Waals surface area contributed by atoms with Gasteiger partial charge in [-0.3, -0.25) is 9.59 Å². The smallest absolute Gasteiger partial charge is 0.267 e. The fraction of sp³-hybridized carbons (Fsp3) is 0.200. The van der Waals surface area contributed by atoms with Crippen molar-refractivity contribution in [2.45, 2.75) is 19.4 Å². The standard InChI is InChI=1S/C25H23FN4O3S/c1-16(30-23(31)12-11-22(29-30)17-3-7-19(26)8-4-17)24(32)27-14-13-20-15-34-25(28-20)18-5-9-21(33-2)10-6-18/h3-12,15-16H,13-14H2,1-2H3,(H,27,32). The van der Waals surface area contributed by atoms with E-state index in [9.17, 15) is 14.0 Å². The van der Waals surface area contributed by atoms with Gasteiger partial charge in [0.15, 0.2) is 0 Å². The van der Waals surface area contributed by atoms with Gasteiger partial charge in [0.1, 0.15) is 22.6 Å². The van der Waals surface area contributed by atoms with Crippen molar-refractivity contribution in [3.63, 3.8) is 0 Å². The van der Waals surface area contributed by atoms with Crippen molar-refractivity contribution in [2.75, 3.05) is 13.7 Å². The Hall–Kier alpha value is -3.85. The number of halogens is 1. The van der Waals surface area contributed by atoms with E-state index < -0.39 is 11.6 Å². The molecule has 34 heavy (non-hydrogen) atoms. The van der Waals surface area contributed by atoms with Gasteiger partial charge in [0, 0.05) is 35.5 Å². The van der Waals surface area contributed by atoms with Gasteiger partial charge < -0.3 is 10.1 Å². The number of aromatic nitrogens is 3. The van der Waals surface area contributed by atoms with Crippen molar-refractivity contribution < 1.29 is 13.9 Å². The van der Waals surface area contributed by atoms with E-state index in [1.807, 2.05) is 29.6 Å². The Morgan fingerprint density at radius 2 is 1.79 bits per heavy atom. The number of nitrogens with one attached hydrogen (secondary N) is 1. The molecule has 4 aromatic rings. The third kappa shape index (κ3) is 5.37. The Morgan fingerprint density at radius 3 is 2.50 bits per heavy atom. The Morgan fingerprint density at radius 1 is 1.09 bits per heavy atom. The summed E-state index contributed by atoms with van der Waals surface area (Å²) in [6.07, 6.45) is 0.559. The molecule has 0 bridgehead atoms. The quantitative estimate of drug-likeness (QED) is 0.412. The van der Waals surface area contributed by atoms with E-state index in [4.69, 9.17) is 4.74 Å². The summed E-state index contributed by atoms with van der Waals surface area (Å²) in [5.74, 6) is 0.103. The lowest BCUT2D eigenvalue weighted by Crippen LogP contribution is -2.37. The summed E-state index contributed by atoms with van der Waals surface area (Å²) in [7, 11) is 1.63. The second-order valence-electron chi connectivity index (χ2n) is 7.60. The molecule has 0 aliphatic heterocycles. The van der Waals surface area contributed by atoms with Crippen LogP contribution in [0.1, 0.15) is 18.7 Å². The van der Waals surface area contributed by atoms with Crippen LogP contribution in [0, 0.1) is 5.82 Å². The Bertz CT molecular complexity index is 1330. The SMILES string of the molecule is COc1ccc(-c2nc(CCNC(=O)C(C)n3nc(-c4ccc(F)cc4)ccc3=O)cs2)cc1. The number of carbonyl (C=O) groups is 1. The molecule has 0 fully saturated rings. The lowest BCUT2D eigenvalue weighted by molar-refractivity contribution is -0.124. The van der Waals surface area contributed by atoms with Crippen LogP contribution in [-0.4, -0.2) is 34.3 Å². The first-order valence-electron chi connectivity index (χ1n) is 10.7. The molecule has 2 heterocycles. The van der Waals surface area contributed by atoms with Crippen molar-refractivity contribution in [1.82, 2.24) is 20.1 Å². The topological polar surface area (TPSA) is 86.1 Å². The highest BCUT2D eigenvalue weighted by Gasteiger charge is 2.18. The van der Waals surface area contributed by atoms with Gasteiger partial charge in [-0.25, -0.2) is 14.1 Å². The Labute approximate surface area is 199 Å². The third-order valence-corrected chi connectivity index (χ3v) is 6.22. The van der Waals surface area contributed by atoms with E-state index >= 15 is 0 Å². The van der Waals surface area contributed by atoms with Crippen LogP contribution < -0.4 is 15.6 Å². The molecule has 0 radical (unpaired) electrons. The highest BCUT2D eigenvalue weighted by molar-refractivity contribution is 7.13. The zero-order chi connectivity index (χ0) is 24.1. The lowest BCUT2D eigenvalue weighted by atomic mass is 10.1. The molecule has 0 saturated heterocycles. The van der Waals surface area contributed by atoms with Crippen LogP contribution in [0.4, 0.5) is 4.39 Å². The number of amides is 1. The summed E-state index contributed by atoms with van der Waals surface area (Å²) in [5, 5.41) is 10.0. The van der Waals surface area contributed by atoms with Gasteiger partial charge in [0.25, 0.3) is 5.56 Å². The number of rotatable bonds is 8. The summed E-state index contributed by atoms with van der Waals surface area (Å²) in [5.41, 5.74) is 2.61. The summed E-state index contributed by atoms with van der Waals surface area (Å²) in [6.45, 7) is 1.99. The van der Waals surface area contributed by atoms with Crippen LogP contribution >= 0.6 is 11.3 Å². The van der Waals surface area contributed by atoms with Crippen molar-refractivity contribution in [1.29, 1.82) is 0 Å². The third-order valence-electron chi connectivity index (χ3n) is 5.28. The van der Waals surface area contributed by atoms with Gasteiger partial charge in [-0.15, -0.1) is 11.3 Å². The summed E-state index contributed by atoms with van der Waals surface area (Å²) in [4.78, 5) is 29.6. The lowest BCUT2D eigenvalue weighted by Gasteiger charge is -2.15. The minimum atomic E-state index is -0.807. The maximum atomic E-state index is 13.2. The first kappa shape index (κ1) is 23.3. The number of carbonyl (C=O) groups excluding carboxylic acids is 1. The highest BCUT2D eigenvalue weighted by atomic mass is 32.1. The molecule has 0 aliphatic rings. The predicted octanol–water partition coefficient (Wildman–Crippen LogP) is 4.10. The Kier molecular flexibility index (Phi) is 7.12. The predicted molar refractivity (Wildman–Crippen MR) is 129 cm³/mol. The van der Waals surface area contributed by atoms with Crippen LogP contribution in [-0.2, 0) is 11.2 Å². The number of benzene rings is 2. The number of ether oxygens (including phenoxy) is 1. The number of thiazole rings is 1. The van der Waals surface area contributed by atoms with Crippen LogP contribution in [0.5, 0.6) is 5.75 Å². The van der Waals surface area contributed by atoms with E-state index in [1.54, 1.807) is 32.2 Å². The minimum absolute atomic E-state index is 0.323. The molecular weight excluding hydrogens is 455 g/mol. The van der Waals surface area contributed by atoms with Crippen molar-refractivity contribution in [3.8, 4) is 27.6 Å². The Balaban J connectivity index is 1.37. The fourth-order valence-corrected chi connectivity index (χ4v) is 4.20. The van der Waals surface area contributed by atoms with Gasteiger partial charge in [0.05, 0.1) is 18.5 Å². The molecule has 7 nitrogen and oxygen atoms in total. The van der Waals surface area contributed by atoms with Crippen LogP contribution in [0.3, 0.4) is 0 Å².